The van der Waals surface area contributed by atoms with E-state index in [2.05, 4.69) is 5.32 Å². The molecule has 0 spiro atoms. The van der Waals surface area contributed by atoms with E-state index >= 15 is 0 Å². The van der Waals surface area contributed by atoms with Gasteiger partial charge in [0, 0.05) is 44.2 Å². The Labute approximate surface area is 136 Å². The van der Waals surface area contributed by atoms with E-state index in [4.69, 9.17) is 23.2 Å². The van der Waals surface area contributed by atoms with Gasteiger partial charge in [-0.15, -0.1) is 0 Å². The lowest BCUT2D eigenvalue weighted by Gasteiger charge is -2.36. The van der Waals surface area contributed by atoms with Crippen molar-refractivity contribution in [2.75, 3.05) is 26.2 Å². The van der Waals surface area contributed by atoms with Crippen LogP contribution in [-0.4, -0.2) is 37.3 Å². The van der Waals surface area contributed by atoms with Crippen molar-refractivity contribution < 1.29 is 17.6 Å². The fourth-order valence-electron chi connectivity index (χ4n) is 2.65. The highest BCUT2D eigenvalue weighted by Gasteiger charge is 2.33. The number of benzene rings is 1. The van der Waals surface area contributed by atoms with Crippen LogP contribution in [-0.2, 0) is 0 Å². The molecule has 0 aliphatic carbocycles. The van der Waals surface area contributed by atoms with E-state index in [9.17, 15) is 17.6 Å². The molecule has 1 N–H and O–H groups in total. The van der Waals surface area contributed by atoms with Gasteiger partial charge in [-0.3, -0.25) is 4.90 Å². The van der Waals surface area contributed by atoms with E-state index < -0.39 is 24.5 Å². The third-order valence-electron chi connectivity index (χ3n) is 3.71. The van der Waals surface area contributed by atoms with Crippen LogP contribution in [0.3, 0.4) is 0 Å². The minimum absolute atomic E-state index is 0.00706. The first-order valence-corrected chi connectivity index (χ1v) is 7.70. The number of nitrogens with zero attached hydrogens (tertiary/aromatic N) is 1. The molecule has 0 radical (unpaired) electrons. The molecule has 8 heteroatoms. The van der Waals surface area contributed by atoms with Crippen molar-refractivity contribution in [1.82, 2.24) is 10.2 Å². The van der Waals surface area contributed by atoms with E-state index in [0.29, 0.717) is 26.2 Å². The van der Waals surface area contributed by atoms with E-state index in [1.54, 1.807) is 0 Å². The zero-order valence-corrected chi connectivity index (χ0v) is 13.2. The van der Waals surface area contributed by atoms with Gasteiger partial charge >= 0.3 is 6.18 Å². The van der Waals surface area contributed by atoms with E-state index in [1.807, 2.05) is 4.90 Å². The lowest BCUT2D eigenvalue weighted by molar-refractivity contribution is -0.138. The van der Waals surface area contributed by atoms with Crippen LogP contribution in [0.4, 0.5) is 17.6 Å². The van der Waals surface area contributed by atoms with Gasteiger partial charge in [-0.1, -0.05) is 23.2 Å². The second-order valence-electron chi connectivity index (χ2n) is 5.21. The van der Waals surface area contributed by atoms with Crippen molar-refractivity contribution in [2.45, 2.75) is 25.1 Å². The molecule has 1 fully saturated rings. The average Bonchev–Trinajstić information content (AvgIpc) is 2.46. The van der Waals surface area contributed by atoms with Gasteiger partial charge in [0.15, 0.2) is 0 Å². The van der Waals surface area contributed by atoms with Crippen LogP contribution in [0, 0.1) is 5.82 Å². The minimum atomic E-state index is -4.30. The van der Waals surface area contributed by atoms with Gasteiger partial charge in [-0.05, 0) is 18.6 Å². The first-order valence-electron chi connectivity index (χ1n) is 6.94. The van der Waals surface area contributed by atoms with Gasteiger partial charge in [0.25, 0.3) is 0 Å². The molecule has 2 rings (SSSR count). The van der Waals surface area contributed by atoms with Crippen LogP contribution >= 0.6 is 23.2 Å². The molecule has 1 aliphatic rings. The van der Waals surface area contributed by atoms with Crippen LogP contribution in [0.25, 0.3) is 0 Å². The van der Waals surface area contributed by atoms with Gasteiger partial charge < -0.3 is 5.32 Å². The van der Waals surface area contributed by atoms with Crippen LogP contribution in [0.2, 0.25) is 10.0 Å². The van der Waals surface area contributed by atoms with Gasteiger partial charge in [0.05, 0.1) is 10.0 Å². The summed E-state index contributed by atoms with van der Waals surface area (Å²) in [7, 11) is 0. The van der Waals surface area contributed by atoms with E-state index in [0.717, 1.165) is 6.07 Å². The number of hydrogen-bond acceptors (Lipinski definition) is 2. The summed E-state index contributed by atoms with van der Waals surface area (Å²) in [5, 5.41) is 3.25. The van der Waals surface area contributed by atoms with Crippen molar-refractivity contribution in [3.63, 3.8) is 0 Å². The van der Waals surface area contributed by atoms with Gasteiger partial charge in [0.1, 0.15) is 5.82 Å². The number of nitrogens with one attached hydrogen (secondary N) is 1. The van der Waals surface area contributed by atoms with Crippen molar-refractivity contribution in [2.24, 2.45) is 0 Å². The lowest BCUT2D eigenvalue weighted by atomic mass is 9.98. The molecule has 1 atom stereocenters. The summed E-state index contributed by atoms with van der Waals surface area (Å²) in [4.78, 5) is 1.82. The third-order valence-corrected chi connectivity index (χ3v) is 4.53. The molecule has 1 aliphatic heterocycles. The molecule has 0 saturated carbocycles. The highest BCUT2D eigenvalue weighted by Crippen LogP contribution is 2.39. The molecule has 0 unspecified atom stereocenters. The second-order valence-corrected chi connectivity index (χ2v) is 6.00. The fraction of sp³-hybridized carbons (Fsp3) is 0.571. The first-order chi connectivity index (χ1) is 10.3. The lowest BCUT2D eigenvalue weighted by Crippen LogP contribution is -2.45. The van der Waals surface area contributed by atoms with Crippen molar-refractivity contribution >= 4 is 23.2 Å². The maximum absolute atomic E-state index is 14.2. The Balaban J connectivity index is 2.32. The van der Waals surface area contributed by atoms with Crippen LogP contribution < -0.4 is 5.32 Å². The van der Waals surface area contributed by atoms with E-state index in [1.165, 1.54) is 6.07 Å². The molecule has 0 amide bonds. The van der Waals surface area contributed by atoms with Crippen molar-refractivity contribution in [3.05, 3.63) is 33.6 Å². The molecular formula is C14H16Cl2F4N2. The van der Waals surface area contributed by atoms with Gasteiger partial charge in [-0.2, -0.15) is 13.2 Å². The predicted molar refractivity (Wildman–Crippen MR) is 78.9 cm³/mol. The van der Waals surface area contributed by atoms with E-state index in [-0.39, 0.29) is 22.0 Å². The second kappa shape index (κ2) is 7.34. The summed E-state index contributed by atoms with van der Waals surface area (Å²) in [6.07, 6.45) is -5.54. The number of alkyl halides is 3. The Hall–Kier alpha value is -0.560. The number of halogens is 6. The predicted octanol–water partition coefficient (Wildman–Crippen LogP) is 4.42. The molecular weight excluding hydrogens is 343 g/mol. The zero-order valence-electron chi connectivity index (χ0n) is 11.7. The Bertz CT molecular complexity index is 516. The molecule has 2 nitrogen and oxygen atoms in total. The zero-order chi connectivity index (χ0) is 16.3. The molecule has 0 bridgehead atoms. The third kappa shape index (κ3) is 4.47. The quantitative estimate of drug-likeness (QED) is 0.632. The Morgan fingerprint density at radius 1 is 1.18 bits per heavy atom. The highest BCUT2D eigenvalue weighted by molar-refractivity contribution is 6.42. The number of rotatable bonds is 4. The molecule has 1 heterocycles. The highest BCUT2D eigenvalue weighted by atomic mass is 35.5. The summed E-state index contributed by atoms with van der Waals surface area (Å²) >= 11 is 12.0. The van der Waals surface area contributed by atoms with Crippen molar-refractivity contribution in [1.29, 1.82) is 0 Å². The Kier molecular flexibility index (Phi) is 5.94. The van der Waals surface area contributed by atoms with Gasteiger partial charge in [-0.25, -0.2) is 4.39 Å². The summed E-state index contributed by atoms with van der Waals surface area (Å²) in [5.41, 5.74) is 0.0558. The largest absolute Gasteiger partial charge is 0.389 e. The Morgan fingerprint density at radius 3 is 2.41 bits per heavy atom. The normalized spacial score (nSPS) is 18.5. The monoisotopic (exact) mass is 358 g/mol. The first kappa shape index (κ1) is 17.8. The molecule has 22 heavy (non-hydrogen) atoms. The molecule has 1 aromatic carbocycles. The molecule has 124 valence electrons. The molecule has 1 aromatic rings. The smallest absolute Gasteiger partial charge is 0.314 e. The number of hydrogen-bond donors (Lipinski definition) is 1. The van der Waals surface area contributed by atoms with Crippen LogP contribution in [0.15, 0.2) is 12.1 Å². The topological polar surface area (TPSA) is 15.3 Å². The average molecular weight is 359 g/mol. The summed E-state index contributed by atoms with van der Waals surface area (Å²) in [5.74, 6) is -0.625. The van der Waals surface area contributed by atoms with Crippen LogP contribution in [0.5, 0.6) is 0 Å². The summed E-state index contributed by atoms with van der Waals surface area (Å²) < 4.78 is 52.0. The summed E-state index contributed by atoms with van der Waals surface area (Å²) in [6.45, 7) is 2.35. The summed E-state index contributed by atoms with van der Waals surface area (Å²) in [6, 6.07) is 1.71. The Morgan fingerprint density at radius 2 is 1.82 bits per heavy atom. The molecule has 1 saturated heterocycles. The fourth-order valence-corrected chi connectivity index (χ4v) is 3.10. The van der Waals surface area contributed by atoms with Crippen molar-refractivity contribution in [3.8, 4) is 0 Å². The maximum Gasteiger partial charge on any atom is 0.389 e. The molecule has 0 aromatic heterocycles. The van der Waals surface area contributed by atoms with Gasteiger partial charge in [0.2, 0.25) is 0 Å². The number of piperazine rings is 1. The standard InChI is InChI=1S/C14H16Cl2F4N2/c15-9-1-2-10(17)12(13(9)16)11(3-4-14(18,19)20)22-7-5-21-6-8-22/h1-2,11,21H,3-8H2/t11-/m1/s1. The maximum atomic E-state index is 14.2. The minimum Gasteiger partial charge on any atom is -0.314 e. The SMILES string of the molecule is Fc1ccc(Cl)c(Cl)c1[C@@H](CCC(F)(F)F)N1CCNCC1. The van der Waals surface area contributed by atoms with Crippen LogP contribution in [0.1, 0.15) is 24.4 Å².